The maximum Gasteiger partial charge on any atom is 0 e. The van der Waals surface area contributed by atoms with Gasteiger partial charge in [-0.25, -0.2) is 0 Å². The molecule has 0 saturated carbocycles. The van der Waals surface area contributed by atoms with Gasteiger partial charge in [0.15, 0.2) is 0 Å². The first-order valence-electron chi connectivity index (χ1n) is 11.1. The minimum absolute atomic E-state index is 0. The van der Waals surface area contributed by atoms with Crippen molar-refractivity contribution in [3.8, 4) is 0 Å². The topological polar surface area (TPSA) is 0 Å². The van der Waals surface area contributed by atoms with Crippen molar-refractivity contribution in [1.82, 2.24) is 0 Å². The molecule has 153 valence electrons. The average molecular weight is 460 g/mol. The smallest absolute Gasteiger partial charge is 0 e. The molecule has 0 rings (SSSR count). The van der Waals surface area contributed by atoms with Gasteiger partial charge in [-0.3, -0.25) is 0 Å². The fourth-order valence-corrected chi connectivity index (χ4v) is 2.34. The van der Waals surface area contributed by atoms with Gasteiger partial charge in [-0.15, -0.1) is 0 Å². The van der Waals surface area contributed by atoms with Crippen LogP contribution >= 0.6 is 0 Å². The summed E-state index contributed by atoms with van der Waals surface area (Å²) >= 11 is 0. The van der Waals surface area contributed by atoms with Gasteiger partial charge in [0.1, 0.15) is 0 Å². The van der Waals surface area contributed by atoms with Crippen molar-refractivity contribution < 1.29 is 1.43 Å². The Morgan fingerprint density at radius 2 is 0.600 bits per heavy atom. The van der Waals surface area contributed by atoms with Gasteiger partial charge in [-0.1, -0.05) is 157 Å². The molecular formula is C24H53Sn. The minimum atomic E-state index is 0. The third-order valence-electron chi connectivity index (χ3n) is 4.06. The Labute approximate surface area is 182 Å². The zero-order valence-electron chi connectivity index (χ0n) is 18.3. The predicted molar refractivity (Wildman–Crippen MR) is 124 cm³/mol. The summed E-state index contributed by atoms with van der Waals surface area (Å²) in [7, 11) is 0. The fraction of sp³-hybridized carbons (Fsp3) is 0.875. The number of hydrogen-bond acceptors (Lipinski definition) is 0. The number of unbranched alkanes of at least 4 members (excludes halogenated alkanes) is 15. The Hall–Kier alpha value is 0.799. The van der Waals surface area contributed by atoms with E-state index < -0.39 is 0 Å². The van der Waals surface area contributed by atoms with Crippen LogP contribution in [0.1, 0.15) is 138 Å². The van der Waals surface area contributed by atoms with Crippen molar-refractivity contribution in [3.63, 3.8) is 0 Å². The fourth-order valence-electron chi connectivity index (χ4n) is 2.34. The molecule has 0 heterocycles. The molecule has 0 aromatic rings. The van der Waals surface area contributed by atoms with E-state index in [0.29, 0.717) is 0 Å². The zero-order chi connectivity index (χ0) is 18.7. The molecule has 1 heteroatoms. The molecule has 0 aliphatic heterocycles. The average Bonchev–Trinajstić information content (AvgIpc) is 2.61. The molecule has 0 atom stereocenters. The van der Waals surface area contributed by atoms with E-state index in [1.165, 1.54) is 96.3 Å². The summed E-state index contributed by atoms with van der Waals surface area (Å²) < 4.78 is 0. The Morgan fingerprint density at radius 1 is 0.400 bits per heavy atom. The van der Waals surface area contributed by atoms with E-state index in [1.807, 2.05) is 0 Å². The van der Waals surface area contributed by atoms with Crippen LogP contribution in [-0.2, 0) is 0 Å². The standard InChI is InChI=1S/3C8H17.Sn.H2/c3*1-3-5-7-8-6-4-2;;/h3*1,3-8H2,2H3;;1H. The van der Waals surface area contributed by atoms with Gasteiger partial charge >= 0.3 is 0 Å². The molecule has 0 N–H and O–H groups in total. The molecular weight excluding hydrogens is 407 g/mol. The summed E-state index contributed by atoms with van der Waals surface area (Å²) in [6, 6.07) is 0. The van der Waals surface area contributed by atoms with Crippen LogP contribution in [0.25, 0.3) is 0 Å². The molecule has 0 aliphatic carbocycles. The van der Waals surface area contributed by atoms with Crippen molar-refractivity contribution in [1.29, 1.82) is 0 Å². The minimum Gasteiger partial charge on any atom is -0.0654 e. The Balaban J connectivity index is -0.0000000817. The van der Waals surface area contributed by atoms with Crippen LogP contribution in [0, 0.1) is 20.8 Å². The summed E-state index contributed by atoms with van der Waals surface area (Å²) in [5.74, 6) is 0. The summed E-state index contributed by atoms with van der Waals surface area (Å²) in [4.78, 5) is 0. The summed E-state index contributed by atoms with van der Waals surface area (Å²) in [5.41, 5.74) is 0. The van der Waals surface area contributed by atoms with Crippen LogP contribution in [0.4, 0.5) is 0 Å². The molecule has 0 bridgehead atoms. The van der Waals surface area contributed by atoms with Gasteiger partial charge in [0.05, 0.1) is 0 Å². The molecule has 0 unspecified atom stereocenters. The molecule has 0 nitrogen and oxygen atoms in total. The van der Waals surface area contributed by atoms with E-state index in [4.69, 9.17) is 0 Å². The summed E-state index contributed by atoms with van der Waals surface area (Å²) in [6.45, 7) is 18.1. The largest absolute Gasteiger partial charge is 0.0654 e. The van der Waals surface area contributed by atoms with Crippen LogP contribution in [-0.4, -0.2) is 23.9 Å². The van der Waals surface area contributed by atoms with Crippen molar-refractivity contribution in [2.75, 3.05) is 0 Å². The molecule has 25 heavy (non-hydrogen) atoms. The van der Waals surface area contributed by atoms with Crippen LogP contribution in [0.3, 0.4) is 0 Å². The third kappa shape index (κ3) is 51.6. The first-order valence-corrected chi connectivity index (χ1v) is 11.1. The maximum absolute atomic E-state index is 3.78. The Bertz CT molecular complexity index is 116. The van der Waals surface area contributed by atoms with Gasteiger partial charge in [0, 0.05) is 25.3 Å². The van der Waals surface area contributed by atoms with Gasteiger partial charge in [0.2, 0.25) is 0 Å². The molecule has 0 spiro atoms. The second-order valence-electron chi connectivity index (χ2n) is 6.80. The van der Waals surface area contributed by atoms with Gasteiger partial charge in [-0.2, -0.15) is 0 Å². The van der Waals surface area contributed by atoms with Crippen molar-refractivity contribution in [3.05, 3.63) is 20.8 Å². The second kappa shape index (κ2) is 39.7. The van der Waals surface area contributed by atoms with E-state index >= 15 is 0 Å². The number of hydrogen-bond donors (Lipinski definition) is 0. The quantitative estimate of drug-likeness (QED) is 0.169. The third-order valence-corrected chi connectivity index (χ3v) is 4.06. The van der Waals surface area contributed by atoms with Gasteiger partial charge < -0.3 is 0 Å². The Morgan fingerprint density at radius 3 is 0.760 bits per heavy atom. The normalized spacial score (nSPS) is 9.36. The summed E-state index contributed by atoms with van der Waals surface area (Å²) in [5, 5.41) is 0. The van der Waals surface area contributed by atoms with E-state index in [-0.39, 0.29) is 25.3 Å². The molecule has 0 saturated heterocycles. The zero-order valence-corrected chi connectivity index (χ0v) is 21.2. The first kappa shape index (κ1) is 33.4. The molecule has 0 aromatic carbocycles. The SMILES string of the molecule is [CH2]CCCCCCC.[CH2]CCCCCCC.[CH2]CCCCCCC.[HH].[Sn]. The van der Waals surface area contributed by atoms with E-state index in [9.17, 15) is 0 Å². The molecule has 0 aliphatic rings. The first-order chi connectivity index (χ1) is 11.7. The van der Waals surface area contributed by atoms with E-state index in [2.05, 4.69) is 41.5 Å². The van der Waals surface area contributed by atoms with Crippen molar-refractivity contribution in [2.24, 2.45) is 0 Å². The monoisotopic (exact) mass is 461 g/mol. The van der Waals surface area contributed by atoms with Gasteiger partial charge in [0.25, 0.3) is 0 Å². The molecule has 7 radical (unpaired) electrons. The van der Waals surface area contributed by atoms with Crippen LogP contribution in [0.2, 0.25) is 0 Å². The maximum atomic E-state index is 3.78. The van der Waals surface area contributed by atoms with E-state index in [0.717, 1.165) is 19.3 Å². The molecule has 0 aromatic heterocycles. The molecule has 0 fully saturated rings. The van der Waals surface area contributed by atoms with Crippen molar-refractivity contribution in [2.45, 2.75) is 136 Å². The van der Waals surface area contributed by atoms with Crippen LogP contribution < -0.4 is 0 Å². The number of rotatable bonds is 15. The summed E-state index contributed by atoms with van der Waals surface area (Å²) in [6.07, 6.45) is 23.9. The van der Waals surface area contributed by atoms with Gasteiger partial charge in [-0.05, 0) is 0 Å². The van der Waals surface area contributed by atoms with Crippen LogP contribution in [0.5, 0.6) is 0 Å². The Kier molecular flexibility index (Phi) is 53.1. The molecule has 0 amide bonds. The van der Waals surface area contributed by atoms with Crippen LogP contribution in [0.15, 0.2) is 0 Å². The van der Waals surface area contributed by atoms with Crippen molar-refractivity contribution >= 4 is 23.9 Å². The van der Waals surface area contributed by atoms with E-state index in [1.54, 1.807) is 0 Å². The second-order valence-corrected chi connectivity index (χ2v) is 6.80. The predicted octanol–water partition coefficient (Wildman–Crippen LogP) is 9.41.